The lowest BCUT2D eigenvalue weighted by Crippen LogP contribution is -2.61. The van der Waals surface area contributed by atoms with Crippen LogP contribution in [0, 0.1) is 0 Å². The van der Waals surface area contributed by atoms with Crippen molar-refractivity contribution < 1.29 is 58.2 Å². The largest absolute Gasteiger partial charge is 0.479 e. The number of aliphatic hydroxyl groups excluding tert-OH is 2. The summed E-state index contributed by atoms with van der Waals surface area (Å²) in [7, 11) is 0. The molecule has 1 aliphatic rings. The second kappa shape index (κ2) is 51.4. The van der Waals surface area contributed by atoms with Crippen LogP contribution in [-0.2, 0) is 42.9 Å². The Hall–Kier alpha value is -3.32. The normalized spacial score (nSPS) is 18.4. The Bertz CT molecular complexity index is 1490. The molecule has 3 N–H and O–H groups in total. The summed E-state index contributed by atoms with van der Waals surface area (Å²) in [6.45, 7) is 5.96. The summed E-state index contributed by atoms with van der Waals surface area (Å²) in [5.41, 5.74) is 0. The summed E-state index contributed by atoms with van der Waals surface area (Å²) >= 11 is 0. The van der Waals surface area contributed by atoms with E-state index in [1.54, 1.807) is 0 Å². The standard InChI is InChI=1S/C63H110O12/c1-4-7-10-13-16-19-22-24-26-27-28-29-31-33-36-39-42-45-48-51-57(66)74-61-59(68)58(67)60(62(69)70)75-63(61)72-53-54(73-56(65)50-47-44-41-38-34-21-18-15-12-9-6-3)52-71-55(64)49-46-43-40-37-35-32-30-25-23-20-17-14-11-8-5-2/h16,19,24-26,28-30,54,58-61,63,67-68H,4-15,17-18,20-23,27,31-53H2,1-3H3,(H,69,70)/b19-16-,26-24-,29-28-,30-25-. The molecule has 0 saturated carbocycles. The van der Waals surface area contributed by atoms with Gasteiger partial charge in [0, 0.05) is 19.3 Å². The molecule has 0 amide bonds. The monoisotopic (exact) mass is 1060 g/mol. The Morgan fingerprint density at radius 1 is 0.440 bits per heavy atom. The molecule has 12 heteroatoms. The van der Waals surface area contributed by atoms with Crippen LogP contribution < -0.4 is 0 Å². The Kier molecular flexibility index (Phi) is 47.8. The quantitative estimate of drug-likeness (QED) is 0.0228. The third-order valence-electron chi connectivity index (χ3n) is 13.9. The van der Waals surface area contributed by atoms with Crippen molar-refractivity contribution in [2.24, 2.45) is 0 Å². The summed E-state index contributed by atoms with van der Waals surface area (Å²) in [4.78, 5) is 51.1. The average Bonchev–Trinajstić information content (AvgIpc) is 3.39. The lowest BCUT2D eigenvalue weighted by Gasteiger charge is -2.40. The molecule has 6 atom stereocenters. The highest BCUT2D eigenvalue weighted by Gasteiger charge is 2.50. The Morgan fingerprint density at radius 3 is 1.25 bits per heavy atom. The first-order valence-electron chi connectivity index (χ1n) is 30.6. The van der Waals surface area contributed by atoms with Crippen molar-refractivity contribution in [1.82, 2.24) is 0 Å². The van der Waals surface area contributed by atoms with Gasteiger partial charge in [0.15, 0.2) is 24.6 Å². The van der Waals surface area contributed by atoms with Gasteiger partial charge >= 0.3 is 23.9 Å². The molecule has 0 aromatic carbocycles. The number of hydrogen-bond donors (Lipinski definition) is 3. The Balaban J connectivity index is 2.66. The van der Waals surface area contributed by atoms with Gasteiger partial charge in [0.2, 0.25) is 0 Å². The number of rotatable bonds is 52. The highest BCUT2D eigenvalue weighted by atomic mass is 16.7. The van der Waals surface area contributed by atoms with E-state index in [2.05, 4.69) is 69.4 Å². The minimum atomic E-state index is -1.91. The fraction of sp³-hybridized carbons (Fsp3) is 0.810. The van der Waals surface area contributed by atoms with Crippen LogP contribution >= 0.6 is 0 Å². The van der Waals surface area contributed by atoms with Crippen LogP contribution in [0.25, 0.3) is 0 Å². The van der Waals surface area contributed by atoms with Crippen LogP contribution in [0.4, 0.5) is 0 Å². The molecule has 0 aromatic heterocycles. The van der Waals surface area contributed by atoms with Gasteiger partial charge in [-0.05, 0) is 83.5 Å². The van der Waals surface area contributed by atoms with Gasteiger partial charge in [0.25, 0.3) is 0 Å². The summed E-state index contributed by atoms with van der Waals surface area (Å²) in [6.07, 6.45) is 49.3. The SMILES string of the molecule is CCCCC/C=C\C/C=C\C/C=C\CCCCCCCCC(=O)OC1C(OCC(COC(=O)CCCCCCC/C=C\CCCCCCCC)OC(=O)CCCCCCCCCCCCC)OC(C(=O)O)C(O)C1O. The number of aliphatic carboxylic acids is 1. The predicted molar refractivity (Wildman–Crippen MR) is 303 cm³/mol. The van der Waals surface area contributed by atoms with Crippen molar-refractivity contribution in [2.75, 3.05) is 13.2 Å². The maximum absolute atomic E-state index is 13.1. The van der Waals surface area contributed by atoms with Crippen molar-refractivity contribution in [3.63, 3.8) is 0 Å². The molecule has 1 aliphatic heterocycles. The molecule has 434 valence electrons. The smallest absolute Gasteiger partial charge is 0.335 e. The summed E-state index contributed by atoms with van der Waals surface area (Å²) in [5.74, 6) is -3.13. The molecule has 0 aliphatic carbocycles. The van der Waals surface area contributed by atoms with Crippen molar-refractivity contribution in [3.8, 4) is 0 Å². The minimum Gasteiger partial charge on any atom is -0.479 e. The van der Waals surface area contributed by atoms with Crippen molar-refractivity contribution >= 4 is 23.9 Å². The Labute approximate surface area is 456 Å². The molecule has 0 aromatic rings. The zero-order valence-corrected chi connectivity index (χ0v) is 47.8. The topological polar surface area (TPSA) is 175 Å². The summed E-state index contributed by atoms with van der Waals surface area (Å²) in [6, 6.07) is 0. The number of allylic oxidation sites excluding steroid dienone is 8. The lowest BCUT2D eigenvalue weighted by molar-refractivity contribution is -0.301. The predicted octanol–water partition coefficient (Wildman–Crippen LogP) is 15.8. The van der Waals surface area contributed by atoms with Gasteiger partial charge in [-0.2, -0.15) is 0 Å². The molecule has 0 spiro atoms. The zero-order chi connectivity index (χ0) is 54.7. The molecule has 1 rings (SSSR count). The molecule has 6 unspecified atom stereocenters. The van der Waals surface area contributed by atoms with Gasteiger partial charge in [-0.15, -0.1) is 0 Å². The molecule has 1 heterocycles. The van der Waals surface area contributed by atoms with Gasteiger partial charge in [-0.25, -0.2) is 4.79 Å². The van der Waals surface area contributed by atoms with Crippen LogP contribution in [0.1, 0.15) is 278 Å². The van der Waals surface area contributed by atoms with E-state index < -0.39 is 67.3 Å². The van der Waals surface area contributed by atoms with Gasteiger partial charge in [0.1, 0.15) is 18.8 Å². The second-order valence-electron chi connectivity index (χ2n) is 21.0. The molecule has 1 fully saturated rings. The van der Waals surface area contributed by atoms with E-state index in [1.807, 2.05) is 0 Å². The number of carboxylic acids is 1. The van der Waals surface area contributed by atoms with Crippen molar-refractivity contribution in [3.05, 3.63) is 48.6 Å². The molecular formula is C63H110O12. The summed E-state index contributed by atoms with van der Waals surface area (Å²) in [5, 5.41) is 31.5. The van der Waals surface area contributed by atoms with Crippen molar-refractivity contribution in [1.29, 1.82) is 0 Å². The molecule has 0 bridgehead atoms. The minimum absolute atomic E-state index is 0.0469. The second-order valence-corrected chi connectivity index (χ2v) is 21.0. The van der Waals surface area contributed by atoms with Gasteiger partial charge < -0.3 is 39.0 Å². The first-order valence-corrected chi connectivity index (χ1v) is 30.6. The van der Waals surface area contributed by atoms with E-state index in [4.69, 9.17) is 23.7 Å². The number of carbonyl (C=O) groups is 4. The van der Waals surface area contributed by atoms with E-state index in [0.29, 0.717) is 19.3 Å². The number of carboxylic acid groups (broad SMARTS) is 1. The first-order chi connectivity index (χ1) is 36.6. The van der Waals surface area contributed by atoms with Gasteiger partial charge in [0.05, 0.1) is 6.61 Å². The maximum Gasteiger partial charge on any atom is 0.335 e. The zero-order valence-electron chi connectivity index (χ0n) is 47.8. The average molecular weight is 1060 g/mol. The number of aliphatic hydroxyl groups is 2. The van der Waals surface area contributed by atoms with Crippen LogP contribution in [0.3, 0.4) is 0 Å². The van der Waals surface area contributed by atoms with Crippen molar-refractivity contribution in [2.45, 2.75) is 314 Å². The highest BCUT2D eigenvalue weighted by molar-refractivity contribution is 5.74. The number of hydrogen-bond acceptors (Lipinski definition) is 11. The first kappa shape index (κ1) is 69.7. The van der Waals surface area contributed by atoms with Crippen LogP contribution in [0.5, 0.6) is 0 Å². The van der Waals surface area contributed by atoms with Crippen LogP contribution in [-0.4, -0.2) is 89.2 Å². The van der Waals surface area contributed by atoms with Gasteiger partial charge in [-0.3, -0.25) is 14.4 Å². The molecule has 1 saturated heterocycles. The lowest BCUT2D eigenvalue weighted by atomic mass is 9.98. The Morgan fingerprint density at radius 2 is 0.800 bits per heavy atom. The molecule has 75 heavy (non-hydrogen) atoms. The number of unbranched alkanes of at least 4 members (excludes halogenated alkanes) is 30. The van der Waals surface area contributed by atoms with E-state index in [-0.39, 0.29) is 25.9 Å². The number of esters is 3. The fourth-order valence-corrected chi connectivity index (χ4v) is 9.13. The van der Waals surface area contributed by atoms with Crippen LogP contribution in [0.15, 0.2) is 48.6 Å². The molecular weight excluding hydrogens is 949 g/mol. The van der Waals surface area contributed by atoms with Crippen LogP contribution in [0.2, 0.25) is 0 Å². The molecule has 12 nitrogen and oxygen atoms in total. The van der Waals surface area contributed by atoms with E-state index in [1.165, 1.54) is 109 Å². The van der Waals surface area contributed by atoms with Gasteiger partial charge in [-0.1, -0.05) is 223 Å². The summed E-state index contributed by atoms with van der Waals surface area (Å²) < 4.78 is 28.4. The van der Waals surface area contributed by atoms with E-state index in [0.717, 1.165) is 109 Å². The number of carbonyl (C=O) groups excluding carboxylic acids is 3. The third kappa shape index (κ3) is 41.5. The maximum atomic E-state index is 13.1. The third-order valence-corrected chi connectivity index (χ3v) is 13.9. The van der Waals surface area contributed by atoms with E-state index >= 15 is 0 Å². The highest BCUT2D eigenvalue weighted by Crippen LogP contribution is 2.26. The van der Waals surface area contributed by atoms with E-state index in [9.17, 15) is 34.5 Å². The number of ether oxygens (including phenoxy) is 5. The fourth-order valence-electron chi connectivity index (χ4n) is 9.13. The molecule has 0 radical (unpaired) electrons.